The fraction of sp³-hybridized carbons (Fsp3) is 0.500. The van der Waals surface area contributed by atoms with Gasteiger partial charge in [-0.1, -0.05) is 11.6 Å². The number of hydrogen-bond donors (Lipinski definition) is 0. The molecule has 66 valence electrons. The van der Waals surface area contributed by atoms with Gasteiger partial charge in [0.05, 0.1) is 0 Å². The first-order chi connectivity index (χ1) is 5.72. The molecule has 1 aromatic rings. The summed E-state index contributed by atoms with van der Waals surface area (Å²) in [7, 11) is 0. The number of thiophene rings is 1. The monoisotopic (exact) mass is 284 g/mol. The highest BCUT2D eigenvalue weighted by Crippen LogP contribution is 2.52. The van der Waals surface area contributed by atoms with Crippen LogP contribution in [0.5, 0.6) is 0 Å². The maximum Gasteiger partial charge on any atom is 0.107 e. The van der Waals surface area contributed by atoms with Crippen molar-refractivity contribution in [2.75, 3.05) is 5.88 Å². The molecule has 2 unspecified atom stereocenters. The molecule has 0 amide bonds. The Labute approximate surface area is 94.0 Å². The van der Waals surface area contributed by atoms with Crippen LogP contribution in [0.4, 0.5) is 0 Å². The SMILES string of the molecule is ClCC1CC1c1cc(Br)c(Cl)s1. The summed E-state index contributed by atoms with van der Waals surface area (Å²) in [6, 6.07) is 2.12. The summed E-state index contributed by atoms with van der Waals surface area (Å²) in [5.41, 5.74) is 0. The standard InChI is InChI=1S/C8H7BrCl2S/c9-6-2-7(12-8(6)11)5-1-4(5)3-10/h2,4-5H,1,3H2. The van der Waals surface area contributed by atoms with E-state index in [2.05, 4.69) is 22.0 Å². The van der Waals surface area contributed by atoms with Crippen LogP contribution in [0.25, 0.3) is 0 Å². The molecule has 0 nitrogen and oxygen atoms in total. The van der Waals surface area contributed by atoms with Crippen LogP contribution in [0.15, 0.2) is 10.5 Å². The summed E-state index contributed by atoms with van der Waals surface area (Å²) >= 11 is 16.7. The highest BCUT2D eigenvalue weighted by molar-refractivity contribution is 9.10. The van der Waals surface area contributed by atoms with Crippen molar-refractivity contribution in [1.29, 1.82) is 0 Å². The van der Waals surface area contributed by atoms with E-state index >= 15 is 0 Å². The van der Waals surface area contributed by atoms with Gasteiger partial charge in [0.1, 0.15) is 4.34 Å². The number of alkyl halides is 1. The third-order valence-electron chi connectivity index (χ3n) is 2.15. The first kappa shape index (κ1) is 9.32. The molecule has 0 spiro atoms. The average Bonchev–Trinajstić information content (AvgIpc) is 2.75. The maximum absolute atomic E-state index is 5.93. The molecule has 1 heterocycles. The zero-order chi connectivity index (χ0) is 8.72. The molecule has 1 saturated carbocycles. The topological polar surface area (TPSA) is 0 Å². The van der Waals surface area contributed by atoms with Gasteiger partial charge in [0.2, 0.25) is 0 Å². The summed E-state index contributed by atoms with van der Waals surface area (Å²) in [6.07, 6.45) is 1.23. The molecule has 1 aliphatic rings. The minimum Gasteiger partial charge on any atom is -0.127 e. The van der Waals surface area contributed by atoms with E-state index in [1.807, 2.05) is 0 Å². The minimum absolute atomic E-state index is 0.677. The van der Waals surface area contributed by atoms with Gasteiger partial charge in [0, 0.05) is 15.2 Å². The third kappa shape index (κ3) is 1.67. The van der Waals surface area contributed by atoms with Crippen LogP contribution in [-0.2, 0) is 0 Å². The molecule has 1 fully saturated rings. The molecule has 0 aromatic carbocycles. The zero-order valence-electron chi connectivity index (χ0n) is 6.19. The summed E-state index contributed by atoms with van der Waals surface area (Å²) in [5, 5.41) is 0. The Morgan fingerprint density at radius 1 is 1.67 bits per heavy atom. The smallest absolute Gasteiger partial charge is 0.107 e. The summed E-state index contributed by atoms with van der Waals surface area (Å²) < 4.78 is 1.87. The molecule has 0 radical (unpaired) electrons. The lowest BCUT2D eigenvalue weighted by Gasteiger charge is -1.89. The number of hydrogen-bond acceptors (Lipinski definition) is 1. The van der Waals surface area contributed by atoms with Crippen molar-refractivity contribution in [1.82, 2.24) is 0 Å². The zero-order valence-corrected chi connectivity index (χ0v) is 10.1. The molecule has 0 saturated heterocycles. The minimum atomic E-state index is 0.677. The van der Waals surface area contributed by atoms with Crippen molar-refractivity contribution in [2.45, 2.75) is 12.3 Å². The van der Waals surface area contributed by atoms with Crippen LogP contribution < -0.4 is 0 Å². The molecule has 0 bridgehead atoms. The quantitative estimate of drug-likeness (QED) is 0.702. The molecule has 2 rings (SSSR count). The number of halogens is 3. The molecule has 4 heteroatoms. The van der Waals surface area contributed by atoms with Crippen LogP contribution >= 0.6 is 50.5 Å². The summed E-state index contributed by atoms with van der Waals surface area (Å²) in [6.45, 7) is 0. The van der Waals surface area contributed by atoms with Crippen LogP contribution in [0.1, 0.15) is 17.2 Å². The third-order valence-corrected chi connectivity index (χ3v) is 5.15. The van der Waals surface area contributed by atoms with Gasteiger partial charge in [-0.2, -0.15) is 0 Å². The van der Waals surface area contributed by atoms with E-state index in [4.69, 9.17) is 23.2 Å². The first-order valence-corrected chi connectivity index (χ1v) is 6.25. The van der Waals surface area contributed by atoms with Crippen molar-refractivity contribution in [3.8, 4) is 0 Å². The predicted molar refractivity (Wildman–Crippen MR) is 58.6 cm³/mol. The van der Waals surface area contributed by atoms with E-state index < -0.39 is 0 Å². The molecule has 12 heavy (non-hydrogen) atoms. The Balaban J connectivity index is 2.15. The fourth-order valence-corrected chi connectivity index (χ4v) is 3.60. The second-order valence-corrected chi connectivity index (χ2v) is 5.88. The van der Waals surface area contributed by atoms with Gasteiger partial charge in [-0.25, -0.2) is 0 Å². The van der Waals surface area contributed by atoms with Gasteiger partial charge >= 0.3 is 0 Å². The van der Waals surface area contributed by atoms with E-state index in [0.717, 1.165) is 14.7 Å². The van der Waals surface area contributed by atoms with Crippen molar-refractivity contribution in [2.24, 2.45) is 5.92 Å². The maximum atomic E-state index is 5.93. The molecule has 2 atom stereocenters. The molecule has 0 N–H and O–H groups in total. The van der Waals surface area contributed by atoms with Crippen LogP contribution in [0.2, 0.25) is 4.34 Å². The van der Waals surface area contributed by atoms with Gasteiger partial charge < -0.3 is 0 Å². The Morgan fingerprint density at radius 2 is 2.42 bits per heavy atom. The van der Waals surface area contributed by atoms with Crippen LogP contribution in [0.3, 0.4) is 0 Å². The van der Waals surface area contributed by atoms with E-state index in [0.29, 0.717) is 11.8 Å². The largest absolute Gasteiger partial charge is 0.127 e. The molecule has 1 aliphatic carbocycles. The molecule has 1 aromatic heterocycles. The van der Waals surface area contributed by atoms with Crippen molar-refractivity contribution >= 4 is 50.5 Å². The second kappa shape index (κ2) is 3.49. The van der Waals surface area contributed by atoms with Crippen LogP contribution in [0, 0.1) is 5.92 Å². The summed E-state index contributed by atoms with van der Waals surface area (Å²) in [4.78, 5) is 1.37. The lowest BCUT2D eigenvalue weighted by molar-refractivity contribution is 0.935. The van der Waals surface area contributed by atoms with Gasteiger partial charge in [-0.3, -0.25) is 0 Å². The highest BCUT2D eigenvalue weighted by atomic mass is 79.9. The van der Waals surface area contributed by atoms with Crippen molar-refractivity contribution < 1.29 is 0 Å². The number of rotatable bonds is 2. The Hall–Kier alpha value is 0.760. The Bertz CT molecular complexity index is 278. The summed E-state index contributed by atoms with van der Waals surface area (Å²) in [5.74, 6) is 2.14. The molecule has 0 aliphatic heterocycles. The van der Waals surface area contributed by atoms with Crippen molar-refractivity contribution in [3.05, 3.63) is 19.8 Å². The predicted octanol–water partition coefficient (Wildman–Crippen LogP) is 4.51. The van der Waals surface area contributed by atoms with Crippen molar-refractivity contribution in [3.63, 3.8) is 0 Å². The fourth-order valence-electron chi connectivity index (χ4n) is 1.31. The van der Waals surface area contributed by atoms with Gasteiger partial charge in [-0.15, -0.1) is 22.9 Å². The highest BCUT2D eigenvalue weighted by Gasteiger charge is 2.38. The Kier molecular flexibility index (Phi) is 2.71. The lowest BCUT2D eigenvalue weighted by atomic mass is 10.3. The van der Waals surface area contributed by atoms with Gasteiger partial charge in [0.25, 0.3) is 0 Å². The lowest BCUT2D eigenvalue weighted by Crippen LogP contribution is -1.78. The molecular weight excluding hydrogens is 279 g/mol. The van der Waals surface area contributed by atoms with E-state index in [1.54, 1.807) is 11.3 Å². The van der Waals surface area contributed by atoms with E-state index in [9.17, 15) is 0 Å². The molecular formula is C8H7BrCl2S. The first-order valence-electron chi connectivity index (χ1n) is 3.73. The average molecular weight is 286 g/mol. The van der Waals surface area contributed by atoms with E-state index in [-0.39, 0.29) is 0 Å². The van der Waals surface area contributed by atoms with Crippen LogP contribution in [-0.4, -0.2) is 5.88 Å². The normalized spacial score (nSPS) is 27.6. The van der Waals surface area contributed by atoms with E-state index in [1.165, 1.54) is 11.3 Å². The Morgan fingerprint density at radius 3 is 2.83 bits per heavy atom. The second-order valence-electron chi connectivity index (χ2n) is 3.03. The van der Waals surface area contributed by atoms with Gasteiger partial charge in [-0.05, 0) is 40.3 Å². The van der Waals surface area contributed by atoms with Gasteiger partial charge in [0.15, 0.2) is 0 Å².